The van der Waals surface area contributed by atoms with Crippen LogP contribution in [0.25, 0.3) is 0 Å². The molecule has 7 heteroatoms. The molecule has 1 aromatic carbocycles. The molecule has 2 aliphatic rings. The molecule has 0 aliphatic carbocycles. The van der Waals surface area contributed by atoms with E-state index in [1.165, 1.54) is 18.7 Å². The Kier molecular flexibility index (Phi) is 5.98. The number of rotatable bonds is 4. The highest BCUT2D eigenvalue weighted by atomic mass is 32.2. The van der Waals surface area contributed by atoms with Gasteiger partial charge < -0.3 is 15.0 Å². The van der Waals surface area contributed by atoms with Gasteiger partial charge in [-0.05, 0) is 19.2 Å². The molecular formula is C18H25N3O3S. The number of fused-ring (bicyclic) bond motifs is 3. The van der Waals surface area contributed by atoms with E-state index < -0.39 is 0 Å². The van der Waals surface area contributed by atoms with Crippen LogP contribution in [0, 0.1) is 5.92 Å². The maximum atomic E-state index is 12.8. The average molecular weight is 363 g/mol. The van der Waals surface area contributed by atoms with Crippen LogP contribution in [0.2, 0.25) is 0 Å². The van der Waals surface area contributed by atoms with Gasteiger partial charge in [0.2, 0.25) is 11.8 Å². The number of anilines is 1. The lowest BCUT2D eigenvalue weighted by molar-refractivity contribution is -0.130. The maximum absolute atomic E-state index is 12.8. The van der Waals surface area contributed by atoms with Crippen LogP contribution < -0.4 is 5.32 Å². The fourth-order valence-electron chi connectivity index (χ4n) is 3.37. The summed E-state index contributed by atoms with van der Waals surface area (Å²) in [6.45, 7) is 5.36. The van der Waals surface area contributed by atoms with Crippen LogP contribution in [0.15, 0.2) is 29.2 Å². The molecule has 0 aromatic heterocycles. The smallest absolute Gasteiger partial charge is 0.233 e. The summed E-state index contributed by atoms with van der Waals surface area (Å²) in [6.07, 6.45) is 0. The molecule has 136 valence electrons. The average Bonchev–Trinajstić information content (AvgIpc) is 2.81. The van der Waals surface area contributed by atoms with Crippen LogP contribution in [-0.2, 0) is 14.3 Å². The van der Waals surface area contributed by atoms with E-state index in [-0.39, 0.29) is 17.9 Å². The summed E-state index contributed by atoms with van der Waals surface area (Å²) in [7, 11) is 2.11. The Morgan fingerprint density at radius 1 is 1.24 bits per heavy atom. The molecule has 2 bridgehead atoms. The van der Waals surface area contributed by atoms with Gasteiger partial charge in [-0.15, -0.1) is 11.8 Å². The fraction of sp³-hybridized carbons (Fsp3) is 0.556. The Balaban J connectivity index is 1.62. The summed E-state index contributed by atoms with van der Waals surface area (Å²) in [6, 6.07) is 7.86. The predicted octanol–water partition coefficient (Wildman–Crippen LogP) is 1.53. The first-order valence-corrected chi connectivity index (χ1v) is 9.56. The fourth-order valence-corrected chi connectivity index (χ4v) is 4.28. The first-order chi connectivity index (χ1) is 12.0. The van der Waals surface area contributed by atoms with Gasteiger partial charge in [-0.2, -0.15) is 0 Å². The van der Waals surface area contributed by atoms with Crippen molar-refractivity contribution in [1.82, 2.24) is 9.80 Å². The lowest BCUT2D eigenvalue weighted by atomic mass is 10.1. The van der Waals surface area contributed by atoms with E-state index >= 15 is 0 Å². The Hall–Kier alpha value is -1.57. The topological polar surface area (TPSA) is 61.9 Å². The van der Waals surface area contributed by atoms with E-state index in [4.69, 9.17) is 4.74 Å². The zero-order chi connectivity index (χ0) is 17.8. The molecule has 2 fully saturated rings. The molecule has 25 heavy (non-hydrogen) atoms. The van der Waals surface area contributed by atoms with Crippen molar-refractivity contribution in [2.24, 2.45) is 5.92 Å². The van der Waals surface area contributed by atoms with Crippen LogP contribution >= 0.6 is 11.8 Å². The molecule has 1 aromatic rings. The minimum Gasteiger partial charge on any atom is -0.379 e. The first kappa shape index (κ1) is 18.2. The number of amides is 2. The standard InChI is InChI=1S/C18H25N3O3S/c1-13(22)19-16-5-3-4-6-17(16)25-12-18(23)21-8-14-7-20(2)15(9-21)11-24-10-14/h3-6,14-15H,7-12H2,1-2H3,(H,19,22)/t14-,15+/m1/s1. The number of nitrogens with zero attached hydrogens (tertiary/aromatic N) is 2. The molecule has 2 heterocycles. The highest BCUT2D eigenvalue weighted by Crippen LogP contribution is 2.28. The molecule has 0 spiro atoms. The number of para-hydroxylation sites is 1. The van der Waals surface area contributed by atoms with Gasteiger partial charge in [0, 0.05) is 37.4 Å². The minimum absolute atomic E-state index is 0.109. The monoisotopic (exact) mass is 363 g/mol. The van der Waals surface area contributed by atoms with E-state index in [2.05, 4.69) is 17.3 Å². The van der Waals surface area contributed by atoms with Crippen molar-refractivity contribution in [3.05, 3.63) is 24.3 Å². The molecule has 6 nitrogen and oxygen atoms in total. The molecule has 2 aliphatic heterocycles. The van der Waals surface area contributed by atoms with E-state index in [0.29, 0.717) is 18.3 Å². The summed E-state index contributed by atoms with van der Waals surface area (Å²) >= 11 is 1.48. The highest BCUT2D eigenvalue weighted by Gasteiger charge is 2.33. The molecule has 3 rings (SSSR count). The highest BCUT2D eigenvalue weighted by molar-refractivity contribution is 8.00. The Bertz CT molecular complexity index is 640. The van der Waals surface area contributed by atoms with E-state index in [0.717, 1.165) is 36.8 Å². The summed E-state index contributed by atoms with van der Waals surface area (Å²) in [4.78, 5) is 29.3. The lowest BCUT2D eigenvalue weighted by Gasteiger charge is -2.29. The van der Waals surface area contributed by atoms with Crippen molar-refractivity contribution in [1.29, 1.82) is 0 Å². The maximum Gasteiger partial charge on any atom is 0.233 e. The zero-order valence-corrected chi connectivity index (χ0v) is 15.6. The number of likely N-dealkylation sites (N-methyl/N-ethyl adjacent to an activating group) is 1. The predicted molar refractivity (Wildman–Crippen MR) is 98.8 cm³/mol. The second kappa shape index (κ2) is 8.21. The van der Waals surface area contributed by atoms with Crippen molar-refractivity contribution in [3.63, 3.8) is 0 Å². The van der Waals surface area contributed by atoms with Crippen LogP contribution in [0.5, 0.6) is 0 Å². The molecule has 2 amide bonds. The second-order valence-corrected chi connectivity index (χ2v) is 7.78. The minimum atomic E-state index is -0.109. The molecule has 0 unspecified atom stereocenters. The van der Waals surface area contributed by atoms with Crippen molar-refractivity contribution in [2.45, 2.75) is 17.9 Å². The van der Waals surface area contributed by atoms with Gasteiger partial charge in [0.25, 0.3) is 0 Å². The van der Waals surface area contributed by atoms with E-state index in [1.807, 2.05) is 29.2 Å². The van der Waals surface area contributed by atoms with Gasteiger partial charge in [0.1, 0.15) is 0 Å². The molecule has 2 atom stereocenters. The zero-order valence-electron chi connectivity index (χ0n) is 14.7. The first-order valence-electron chi connectivity index (χ1n) is 8.58. The molecule has 0 saturated carbocycles. The van der Waals surface area contributed by atoms with Crippen molar-refractivity contribution < 1.29 is 14.3 Å². The van der Waals surface area contributed by atoms with Gasteiger partial charge in [-0.25, -0.2) is 0 Å². The quantitative estimate of drug-likeness (QED) is 0.822. The normalized spacial score (nSPS) is 23.8. The summed E-state index contributed by atoms with van der Waals surface area (Å²) < 4.78 is 5.72. The molecule has 2 saturated heterocycles. The van der Waals surface area contributed by atoms with Crippen LogP contribution in [0.3, 0.4) is 0 Å². The van der Waals surface area contributed by atoms with Crippen LogP contribution in [-0.4, -0.2) is 73.3 Å². The van der Waals surface area contributed by atoms with Crippen molar-refractivity contribution >= 4 is 29.3 Å². The number of carbonyl (C=O) groups excluding carboxylic acids is 2. The Labute approximate surface area is 152 Å². The Morgan fingerprint density at radius 2 is 2.04 bits per heavy atom. The lowest BCUT2D eigenvalue weighted by Crippen LogP contribution is -2.45. The third-order valence-electron chi connectivity index (χ3n) is 4.64. The van der Waals surface area contributed by atoms with Crippen LogP contribution in [0.4, 0.5) is 5.69 Å². The number of hydrogen-bond acceptors (Lipinski definition) is 5. The van der Waals surface area contributed by atoms with E-state index in [9.17, 15) is 9.59 Å². The van der Waals surface area contributed by atoms with Gasteiger partial charge in [-0.1, -0.05) is 12.1 Å². The number of benzene rings is 1. The van der Waals surface area contributed by atoms with Crippen molar-refractivity contribution in [3.8, 4) is 0 Å². The van der Waals surface area contributed by atoms with Crippen molar-refractivity contribution in [2.75, 3.05) is 51.0 Å². The molecule has 0 radical (unpaired) electrons. The van der Waals surface area contributed by atoms with Gasteiger partial charge >= 0.3 is 0 Å². The number of carbonyl (C=O) groups is 2. The van der Waals surface area contributed by atoms with Gasteiger partial charge in [0.05, 0.1) is 30.7 Å². The van der Waals surface area contributed by atoms with E-state index in [1.54, 1.807) is 0 Å². The number of ether oxygens (including phenoxy) is 1. The summed E-state index contributed by atoms with van der Waals surface area (Å²) in [5.41, 5.74) is 0.758. The van der Waals surface area contributed by atoms with Crippen LogP contribution in [0.1, 0.15) is 6.92 Å². The third-order valence-corrected chi connectivity index (χ3v) is 5.70. The number of nitrogens with one attached hydrogen (secondary N) is 1. The molecule has 1 N–H and O–H groups in total. The summed E-state index contributed by atoms with van der Waals surface area (Å²) in [5, 5.41) is 2.82. The molecular weight excluding hydrogens is 338 g/mol. The Morgan fingerprint density at radius 3 is 2.84 bits per heavy atom. The third kappa shape index (κ3) is 4.74. The SMILES string of the molecule is CC(=O)Nc1ccccc1SCC(=O)N1C[C@@H]2COC[C@H](C1)N(C)C2. The number of hydrogen-bond donors (Lipinski definition) is 1. The second-order valence-electron chi connectivity index (χ2n) is 6.76. The number of thioether (sulfide) groups is 1. The van der Waals surface area contributed by atoms with Gasteiger partial charge in [-0.3, -0.25) is 14.5 Å². The summed E-state index contributed by atoms with van der Waals surface area (Å²) in [5.74, 6) is 0.788. The van der Waals surface area contributed by atoms with Gasteiger partial charge in [0.15, 0.2) is 0 Å². The largest absolute Gasteiger partial charge is 0.379 e.